The summed E-state index contributed by atoms with van der Waals surface area (Å²) in [5.74, 6) is 1.40. The molecule has 7 heteroatoms. The average Bonchev–Trinajstić information content (AvgIpc) is 3.04. The molecule has 3 rings (SSSR count). The van der Waals surface area contributed by atoms with Crippen molar-refractivity contribution in [2.24, 2.45) is 5.92 Å². The number of aryl methyl sites for hydroxylation is 2. The van der Waals surface area contributed by atoms with E-state index < -0.39 is 0 Å². The van der Waals surface area contributed by atoms with Crippen LogP contribution in [0.2, 0.25) is 0 Å². The monoisotopic (exact) mass is 334 g/mol. The van der Waals surface area contributed by atoms with Crippen LogP contribution >= 0.6 is 11.3 Å². The number of fused-ring (bicyclic) bond motifs is 1. The molecule has 124 valence electrons. The van der Waals surface area contributed by atoms with Crippen molar-refractivity contribution in [1.82, 2.24) is 14.9 Å². The van der Waals surface area contributed by atoms with Gasteiger partial charge in [0.2, 0.25) is 5.91 Å². The van der Waals surface area contributed by atoms with Crippen LogP contribution < -0.4 is 5.32 Å². The van der Waals surface area contributed by atoms with Gasteiger partial charge < -0.3 is 15.0 Å². The second-order valence-corrected chi connectivity index (χ2v) is 7.17. The molecule has 1 N–H and O–H groups in total. The first-order chi connectivity index (χ1) is 11.1. The Morgan fingerprint density at radius 2 is 2.26 bits per heavy atom. The Morgan fingerprint density at radius 1 is 1.43 bits per heavy atom. The fraction of sp³-hybridized carbons (Fsp3) is 0.562. The summed E-state index contributed by atoms with van der Waals surface area (Å²) in [4.78, 5) is 24.9. The number of aromatic nitrogens is 2. The molecule has 0 aliphatic carbocycles. The first kappa shape index (κ1) is 16.1. The molecule has 2 aromatic heterocycles. The van der Waals surface area contributed by atoms with Crippen LogP contribution in [0.3, 0.4) is 0 Å². The summed E-state index contributed by atoms with van der Waals surface area (Å²) in [5.41, 5.74) is 1.23. The number of rotatable bonds is 6. The zero-order chi connectivity index (χ0) is 16.4. The van der Waals surface area contributed by atoms with Gasteiger partial charge in [0.05, 0.1) is 12.0 Å². The van der Waals surface area contributed by atoms with Gasteiger partial charge in [0.25, 0.3) is 0 Å². The number of thiophene rings is 1. The molecular formula is C16H22N4O2S. The fourth-order valence-corrected chi connectivity index (χ4v) is 3.96. The minimum absolute atomic E-state index is 0.212. The van der Waals surface area contributed by atoms with E-state index >= 15 is 0 Å². The minimum atomic E-state index is 0.212. The third-order valence-electron chi connectivity index (χ3n) is 4.38. The summed E-state index contributed by atoms with van der Waals surface area (Å²) in [6, 6.07) is 0. The standard InChI is InChI=1S/C16H22N4O2S/c1-10-11(2)23-16-14(10)15(18-9-19-16)17-7-12-6-13(21)20(8-12)4-5-22-3/h9,12H,4-8H2,1-3H3,(H,17,18,19). The van der Waals surface area contributed by atoms with E-state index in [1.807, 2.05) is 4.90 Å². The molecule has 1 unspecified atom stereocenters. The highest BCUT2D eigenvalue weighted by Gasteiger charge is 2.29. The third kappa shape index (κ3) is 3.30. The summed E-state index contributed by atoms with van der Waals surface area (Å²) < 4.78 is 5.06. The van der Waals surface area contributed by atoms with Crippen LogP contribution in [0.15, 0.2) is 6.33 Å². The van der Waals surface area contributed by atoms with Crippen LogP contribution in [0.4, 0.5) is 5.82 Å². The predicted octanol–water partition coefficient (Wildman–Crippen LogP) is 2.21. The molecule has 6 nitrogen and oxygen atoms in total. The van der Waals surface area contributed by atoms with E-state index in [-0.39, 0.29) is 5.91 Å². The normalized spacial score (nSPS) is 18.1. The molecule has 23 heavy (non-hydrogen) atoms. The van der Waals surface area contributed by atoms with Gasteiger partial charge >= 0.3 is 0 Å². The number of anilines is 1. The lowest BCUT2D eigenvalue weighted by molar-refractivity contribution is -0.128. The molecule has 1 amide bonds. The Hall–Kier alpha value is -1.73. The molecule has 1 fully saturated rings. The number of hydrogen-bond donors (Lipinski definition) is 1. The van der Waals surface area contributed by atoms with Gasteiger partial charge in [-0.25, -0.2) is 9.97 Å². The zero-order valence-corrected chi connectivity index (χ0v) is 14.6. The average molecular weight is 334 g/mol. The number of carbonyl (C=O) groups excluding carboxylic acids is 1. The summed E-state index contributed by atoms with van der Waals surface area (Å²) in [7, 11) is 1.66. The van der Waals surface area contributed by atoms with Crippen molar-refractivity contribution in [3.05, 3.63) is 16.8 Å². The van der Waals surface area contributed by atoms with Gasteiger partial charge in [-0.3, -0.25) is 4.79 Å². The first-order valence-corrected chi connectivity index (χ1v) is 8.63. The maximum absolute atomic E-state index is 12.0. The van der Waals surface area contributed by atoms with Gasteiger partial charge in [-0.1, -0.05) is 0 Å². The van der Waals surface area contributed by atoms with E-state index in [4.69, 9.17) is 4.74 Å². The number of likely N-dealkylation sites (tertiary alicyclic amines) is 1. The van der Waals surface area contributed by atoms with E-state index in [0.29, 0.717) is 25.5 Å². The van der Waals surface area contributed by atoms with E-state index in [2.05, 4.69) is 29.1 Å². The van der Waals surface area contributed by atoms with Gasteiger partial charge in [0.1, 0.15) is 17.0 Å². The highest BCUT2D eigenvalue weighted by molar-refractivity contribution is 7.18. The summed E-state index contributed by atoms with van der Waals surface area (Å²) >= 11 is 1.69. The van der Waals surface area contributed by atoms with Gasteiger partial charge in [-0.05, 0) is 19.4 Å². The van der Waals surface area contributed by atoms with Crippen molar-refractivity contribution in [1.29, 1.82) is 0 Å². The van der Waals surface area contributed by atoms with Crippen LogP contribution in [0.5, 0.6) is 0 Å². The molecule has 0 aromatic carbocycles. The van der Waals surface area contributed by atoms with Crippen molar-refractivity contribution < 1.29 is 9.53 Å². The quantitative estimate of drug-likeness (QED) is 0.877. The van der Waals surface area contributed by atoms with Gasteiger partial charge in [0.15, 0.2) is 0 Å². The molecule has 0 bridgehead atoms. The Bertz CT molecular complexity index is 715. The largest absolute Gasteiger partial charge is 0.383 e. The van der Waals surface area contributed by atoms with Crippen molar-refractivity contribution >= 4 is 33.3 Å². The first-order valence-electron chi connectivity index (χ1n) is 7.81. The van der Waals surface area contributed by atoms with Gasteiger partial charge in [0, 0.05) is 44.0 Å². The molecule has 0 radical (unpaired) electrons. The number of amides is 1. The number of methoxy groups -OCH3 is 1. The van der Waals surface area contributed by atoms with Crippen LogP contribution in [0.1, 0.15) is 16.9 Å². The Labute approximate surface area is 139 Å². The van der Waals surface area contributed by atoms with Crippen LogP contribution in [-0.2, 0) is 9.53 Å². The van der Waals surface area contributed by atoms with Crippen LogP contribution in [0.25, 0.3) is 10.2 Å². The lowest BCUT2D eigenvalue weighted by Gasteiger charge is -2.16. The predicted molar refractivity (Wildman–Crippen MR) is 91.9 cm³/mol. The van der Waals surface area contributed by atoms with Crippen LogP contribution in [-0.4, -0.2) is 54.1 Å². The lowest BCUT2D eigenvalue weighted by Crippen LogP contribution is -2.29. The summed E-state index contributed by atoms with van der Waals surface area (Å²) in [6.07, 6.45) is 2.19. The van der Waals surface area contributed by atoms with E-state index in [0.717, 1.165) is 29.1 Å². The molecule has 3 heterocycles. The molecule has 0 spiro atoms. The molecule has 1 atom stereocenters. The van der Waals surface area contributed by atoms with E-state index in [1.165, 1.54) is 10.4 Å². The molecule has 1 aliphatic heterocycles. The Kier molecular flexibility index (Phi) is 4.77. The maximum Gasteiger partial charge on any atom is 0.223 e. The van der Waals surface area contributed by atoms with Crippen LogP contribution in [0, 0.1) is 19.8 Å². The fourth-order valence-electron chi connectivity index (χ4n) is 2.97. The number of carbonyl (C=O) groups is 1. The second-order valence-electron chi connectivity index (χ2n) is 5.97. The van der Waals surface area contributed by atoms with E-state index in [9.17, 15) is 4.79 Å². The minimum Gasteiger partial charge on any atom is -0.383 e. The molecule has 2 aromatic rings. The molecule has 1 saturated heterocycles. The molecule has 1 aliphatic rings. The summed E-state index contributed by atoms with van der Waals surface area (Å²) in [5, 5.41) is 4.53. The molecular weight excluding hydrogens is 312 g/mol. The zero-order valence-electron chi connectivity index (χ0n) is 13.8. The smallest absolute Gasteiger partial charge is 0.223 e. The van der Waals surface area contributed by atoms with Crippen molar-refractivity contribution in [3.8, 4) is 0 Å². The number of nitrogens with zero attached hydrogens (tertiary/aromatic N) is 3. The number of hydrogen-bond acceptors (Lipinski definition) is 6. The highest BCUT2D eigenvalue weighted by atomic mass is 32.1. The number of ether oxygens (including phenoxy) is 1. The topological polar surface area (TPSA) is 67.3 Å². The Balaban J connectivity index is 1.66. The molecule has 0 saturated carbocycles. The van der Waals surface area contributed by atoms with E-state index in [1.54, 1.807) is 24.8 Å². The highest BCUT2D eigenvalue weighted by Crippen LogP contribution is 2.32. The van der Waals surface area contributed by atoms with Gasteiger partial charge in [-0.15, -0.1) is 11.3 Å². The summed E-state index contributed by atoms with van der Waals surface area (Å²) in [6.45, 7) is 7.00. The van der Waals surface area contributed by atoms with Crippen molar-refractivity contribution in [2.45, 2.75) is 20.3 Å². The van der Waals surface area contributed by atoms with Crippen molar-refractivity contribution in [2.75, 3.05) is 38.7 Å². The second kappa shape index (κ2) is 6.80. The van der Waals surface area contributed by atoms with Crippen molar-refractivity contribution in [3.63, 3.8) is 0 Å². The maximum atomic E-state index is 12.0. The SMILES string of the molecule is COCCN1CC(CNc2ncnc3sc(C)c(C)c23)CC1=O. The third-order valence-corrected chi connectivity index (χ3v) is 5.50. The van der Waals surface area contributed by atoms with Gasteiger partial charge in [-0.2, -0.15) is 0 Å². The number of nitrogens with one attached hydrogen (secondary N) is 1. The Morgan fingerprint density at radius 3 is 3.04 bits per heavy atom. The lowest BCUT2D eigenvalue weighted by atomic mass is 10.1.